The van der Waals surface area contributed by atoms with Crippen molar-refractivity contribution in [2.45, 2.75) is 20.0 Å². The summed E-state index contributed by atoms with van der Waals surface area (Å²) in [6.45, 7) is 6.67. The van der Waals surface area contributed by atoms with Crippen LogP contribution in [0, 0.1) is 0 Å². The Hall–Kier alpha value is -2.27. The highest BCUT2D eigenvalue weighted by molar-refractivity contribution is 5.92. The fourth-order valence-corrected chi connectivity index (χ4v) is 1.59. The highest BCUT2D eigenvalue weighted by Gasteiger charge is 2.09. The maximum Gasteiger partial charge on any atom is 0.291 e. The molecule has 0 aliphatic rings. The molecule has 0 aromatic heterocycles. The van der Waals surface area contributed by atoms with Crippen molar-refractivity contribution in [1.82, 2.24) is 5.32 Å². The Kier molecular flexibility index (Phi) is 7.68. The first-order chi connectivity index (χ1) is 10.1. The van der Waals surface area contributed by atoms with Gasteiger partial charge in [0.05, 0.1) is 25.6 Å². The number of allylic oxidation sites excluding steroid dienone is 1. The van der Waals surface area contributed by atoms with Crippen LogP contribution in [0.2, 0.25) is 0 Å². The highest BCUT2D eigenvalue weighted by atomic mass is 16.5. The van der Waals surface area contributed by atoms with Gasteiger partial charge in [-0.15, -0.1) is 0 Å². The minimum absolute atomic E-state index is 0.0918. The van der Waals surface area contributed by atoms with E-state index < -0.39 is 5.91 Å². The molecular weight excluding hydrogens is 268 g/mol. The molecule has 0 spiro atoms. The second-order valence-electron chi connectivity index (χ2n) is 4.37. The van der Waals surface area contributed by atoms with Gasteiger partial charge >= 0.3 is 0 Å². The van der Waals surface area contributed by atoms with E-state index in [9.17, 15) is 4.79 Å². The molecular formula is C16H22N2O3. The third kappa shape index (κ3) is 7.17. The van der Waals surface area contributed by atoms with Crippen LogP contribution in [0.1, 0.15) is 18.9 Å². The number of amides is 1. The molecule has 0 atom stereocenters. The predicted molar refractivity (Wildman–Crippen MR) is 81.9 cm³/mol. The van der Waals surface area contributed by atoms with E-state index in [2.05, 4.69) is 11.9 Å². The average molecular weight is 290 g/mol. The molecule has 1 rings (SSSR count). The van der Waals surface area contributed by atoms with Crippen molar-refractivity contribution in [2.75, 3.05) is 13.2 Å². The summed E-state index contributed by atoms with van der Waals surface area (Å²) >= 11 is 0. The maximum atomic E-state index is 11.6. The lowest BCUT2D eigenvalue weighted by Crippen LogP contribution is -2.28. The summed E-state index contributed by atoms with van der Waals surface area (Å²) in [5.74, 6) is -0.0750. The predicted octanol–water partition coefficient (Wildman–Crippen LogP) is 2.06. The number of rotatable bonds is 9. The van der Waals surface area contributed by atoms with Crippen LogP contribution in [0.3, 0.4) is 0 Å². The molecule has 114 valence electrons. The van der Waals surface area contributed by atoms with E-state index in [4.69, 9.17) is 15.2 Å². The van der Waals surface area contributed by atoms with E-state index in [1.165, 1.54) is 0 Å². The van der Waals surface area contributed by atoms with E-state index in [0.717, 1.165) is 5.56 Å². The Bertz CT molecular complexity index is 484. The first-order valence-corrected chi connectivity index (χ1v) is 6.80. The Balaban J connectivity index is 2.15. The molecule has 21 heavy (non-hydrogen) atoms. The van der Waals surface area contributed by atoms with Crippen LogP contribution in [0.4, 0.5) is 0 Å². The lowest BCUT2D eigenvalue weighted by molar-refractivity contribution is -0.120. The molecule has 0 aliphatic carbocycles. The first kappa shape index (κ1) is 16.8. The Morgan fingerprint density at radius 2 is 2.05 bits per heavy atom. The number of carbonyl (C=O) groups is 1. The van der Waals surface area contributed by atoms with Crippen molar-refractivity contribution in [3.8, 4) is 0 Å². The molecule has 0 unspecified atom stereocenters. The van der Waals surface area contributed by atoms with Gasteiger partial charge in [-0.3, -0.25) is 4.79 Å². The van der Waals surface area contributed by atoms with Crippen LogP contribution in [0.25, 0.3) is 0 Å². The molecule has 0 fully saturated rings. The molecule has 0 saturated carbocycles. The fraction of sp³-hybridized carbons (Fsp3) is 0.312. The summed E-state index contributed by atoms with van der Waals surface area (Å²) in [7, 11) is 0. The molecule has 0 heterocycles. The maximum absolute atomic E-state index is 11.6. The Morgan fingerprint density at radius 1 is 1.33 bits per heavy atom. The summed E-state index contributed by atoms with van der Waals surface area (Å²) in [6, 6.07) is 9.95. The van der Waals surface area contributed by atoms with Crippen molar-refractivity contribution in [3.63, 3.8) is 0 Å². The number of hydrogen-bond acceptors (Lipinski definition) is 4. The van der Waals surface area contributed by atoms with Gasteiger partial charge in [0.15, 0.2) is 5.76 Å². The number of ether oxygens (including phenoxy) is 2. The molecule has 5 heteroatoms. The molecule has 1 amide bonds. The molecule has 3 N–H and O–H groups in total. The van der Waals surface area contributed by atoms with Crippen LogP contribution in [-0.2, 0) is 20.9 Å². The molecule has 0 radical (unpaired) electrons. The summed E-state index contributed by atoms with van der Waals surface area (Å²) in [6.07, 6.45) is 2.28. The number of carbonyl (C=O) groups excluding carboxylic acids is 1. The van der Waals surface area contributed by atoms with Gasteiger partial charge in [0.1, 0.15) is 0 Å². The van der Waals surface area contributed by atoms with Gasteiger partial charge in [0, 0.05) is 6.42 Å². The number of hydrogen-bond donors (Lipinski definition) is 2. The zero-order chi connectivity index (χ0) is 15.5. The third-order valence-electron chi connectivity index (χ3n) is 2.56. The topological polar surface area (TPSA) is 73.6 Å². The SMILES string of the molecule is C=C(N)NC(=O)/C(=C\C)OCCCOCc1ccccc1. The number of nitrogens with one attached hydrogen (secondary N) is 1. The van der Waals surface area contributed by atoms with Crippen LogP contribution in [0.5, 0.6) is 0 Å². The number of nitrogens with two attached hydrogens (primary N) is 1. The summed E-state index contributed by atoms with van der Waals surface area (Å²) in [5, 5.41) is 2.39. The van der Waals surface area contributed by atoms with Crippen LogP contribution >= 0.6 is 0 Å². The number of benzene rings is 1. The lowest BCUT2D eigenvalue weighted by Gasteiger charge is -2.10. The monoisotopic (exact) mass is 290 g/mol. The van der Waals surface area contributed by atoms with Gasteiger partial charge in [-0.1, -0.05) is 36.9 Å². The second-order valence-corrected chi connectivity index (χ2v) is 4.37. The smallest absolute Gasteiger partial charge is 0.291 e. The quantitative estimate of drug-likeness (QED) is 0.415. The minimum atomic E-state index is -0.393. The zero-order valence-electron chi connectivity index (χ0n) is 12.3. The van der Waals surface area contributed by atoms with Crippen LogP contribution < -0.4 is 11.1 Å². The van der Waals surface area contributed by atoms with Gasteiger partial charge in [0.2, 0.25) is 0 Å². The largest absolute Gasteiger partial charge is 0.488 e. The summed E-state index contributed by atoms with van der Waals surface area (Å²) in [5.41, 5.74) is 6.44. The normalized spacial score (nSPS) is 11.0. The molecule has 0 bridgehead atoms. The van der Waals surface area contributed by atoms with Crippen molar-refractivity contribution in [2.24, 2.45) is 5.73 Å². The van der Waals surface area contributed by atoms with Gasteiger partial charge in [-0.2, -0.15) is 0 Å². The summed E-state index contributed by atoms with van der Waals surface area (Å²) < 4.78 is 10.9. The Morgan fingerprint density at radius 3 is 2.67 bits per heavy atom. The molecule has 0 saturated heterocycles. The van der Waals surface area contributed by atoms with Crippen LogP contribution in [-0.4, -0.2) is 19.1 Å². The van der Waals surface area contributed by atoms with Crippen molar-refractivity contribution in [3.05, 3.63) is 60.1 Å². The van der Waals surface area contributed by atoms with Gasteiger partial charge in [-0.25, -0.2) is 0 Å². The fourth-order valence-electron chi connectivity index (χ4n) is 1.59. The van der Waals surface area contributed by atoms with Gasteiger partial charge < -0.3 is 20.5 Å². The van der Waals surface area contributed by atoms with Gasteiger partial charge in [-0.05, 0) is 18.6 Å². The lowest BCUT2D eigenvalue weighted by atomic mass is 10.2. The van der Waals surface area contributed by atoms with Crippen molar-refractivity contribution >= 4 is 5.91 Å². The summed E-state index contributed by atoms with van der Waals surface area (Å²) in [4.78, 5) is 11.6. The van der Waals surface area contributed by atoms with E-state index >= 15 is 0 Å². The molecule has 5 nitrogen and oxygen atoms in total. The standard InChI is InChI=1S/C16H22N2O3/c1-3-15(16(19)18-13(2)17)21-11-7-10-20-12-14-8-5-4-6-9-14/h3-6,8-9H,2,7,10-12,17H2,1H3,(H,18,19)/b15-3+. The molecule has 1 aromatic rings. The van der Waals surface area contributed by atoms with E-state index in [1.807, 2.05) is 30.3 Å². The zero-order valence-corrected chi connectivity index (χ0v) is 12.3. The third-order valence-corrected chi connectivity index (χ3v) is 2.56. The molecule has 0 aliphatic heterocycles. The van der Waals surface area contributed by atoms with Crippen LogP contribution in [0.15, 0.2) is 54.6 Å². The van der Waals surface area contributed by atoms with Gasteiger partial charge in [0.25, 0.3) is 5.91 Å². The van der Waals surface area contributed by atoms with Crippen molar-refractivity contribution in [1.29, 1.82) is 0 Å². The van der Waals surface area contributed by atoms with E-state index in [1.54, 1.807) is 13.0 Å². The van der Waals surface area contributed by atoms with Crippen molar-refractivity contribution < 1.29 is 14.3 Å². The highest BCUT2D eigenvalue weighted by Crippen LogP contribution is 2.02. The second kappa shape index (κ2) is 9.61. The first-order valence-electron chi connectivity index (χ1n) is 6.80. The van der Waals surface area contributed by atoms with E-state index in [0.29, 0.717) is 26.2 Å². The Labute approximate surface area is 125 Å². The molecule has 1 aromatic carbocycles. The minimum Gasteiger partial charge on any atom is -0.488 e. The average Bonchev–Trinajstić information content (AvgIpc) is 2.46. The van der Waals surface area contributed by atoms with E-state index in [-0.39, 0.29) is 11.6 Å².